The second-order valence-corrected chi connectivity index (χ2v) is 5.62. The topological polar surface area (TPSA) is 73.0 Å². The van der Waals surface area contributed by atoms with E-state index in [9.17, 15) is 4.79 Å². The van der Waals surface area contributed by atoms with Crippen molar-refractivity contribution >= 4 is 16.9 Å². The van der Waals surface area contributed by atoms with Crippen LogP contribution in [0.1, 0.15) is 16.1 Å². The average Bonchev–Trinajstić information content (AvgIpc) is 3.32. The molecule has 0 unspecified atom stereocenters. The number of furan rings is 1. The summed E-state index contributed by atoms with van der Waals surface area (Å²) >= 11 is 0. The van der Waals surface area contributed by atoms with Crippen LogP contribution < -0.4 is 5.32 Å². The van der Waals surface area contributed by atoms with E-state index in [1.165, 1.54) is 0 Å². The maximum Gasteiger partial charge on any atom is 0.251 e. The Bertz CT molecular complexity index is 1020. The van der Waals surface area contributed by atoms with Crippen molar-refractivity contribution in [2.24, 2.45) is 0 Å². The van der Waals surface area contributed by atoms with Crippen LogP contribution in [-0.4, -0.2) is 27.7 Å². The number of nitrogens with zero attached hydrogens (tertiary/aromatic N) is 3. The predicted molar refractivity (Wildman–Crippen MR) is 94.2 cm³/mol. The summed E-state index contributed by atoms with van der Waals surface area (Å²) in [6.07, 6.45) is 3.30. The van der Waals surface area contributed by atoms with Gasteiger partial charge in [0.1, 0.15) is 12.3 Å². The fourth-order valence-corrected chi connectivity index (χ4v) is 2.79. The SMILES string of the molecule is CNC(=O)c1cc(-c2ccccc2)nc2c1cnn2Cc1ccco1. The molecule has 124 valence electrons. The van der Waals surface area contributed by atoms with Crippen molar-refractivity contribution in [2.75, 3.05) is 7.05 Å². The van der Waals surface area contributed by atoms with Gasteiger partial charge in [-0.25, -0.2) is 9.67 Å². The summed E-state index contributed by atoms with van der Waals surface area (Å²) in [5, 5.41) is 7.79. The van der Waals surface area contributed by atoms with Crippen LogP contribution in [0.4, 0.5) is 0 Å². The molecule has 0 saturated heterocycles. The molecule has 0 atom stereocenters. The number of hydrogen-bond donors (Lipinski definition) is 1. The lowest BCUT2D eigenvalue weighted by Gasteiger charge is -2.08. The molecule has 0 spiro atoms. The molecule has 0 bridgehead atoms. The number of rotatable bonds is 4. The smallest absolute Gasteiger partial charge is 0.251 e. The summed E-state index contributed by atoms with van der Waals surface area (Å²) < 4.78 is 7.14. The van der Waals surface area contributed by atoms with E-state index in [-0.39, 0.29) is 5.91 Å². The second-order valence-electron chi connectivity index (χ2n) is 5.62. The van der Waals surface area contributed by atoms with E-state index in [0.29, 0.717) is 23.1 Å². The summed E-state index contributed by atoms with van der Waals surface area (Å²) in [6.45, 7) is 0.453. The number of nitrogens with one attached hydrogen (secondary N) is 1. The van der Waals surface area contributed by atoms with Crippen LogP contribution in [0.5, 0.6) is 0 Å². The molecule has 1 N–H and O–H groups in total. The summed E-state index contributed by atoms with van der Waals surface area (Å²) in [4.78, 5) is 17.1. The van der Waals surface area contributed by atoms with E-state index in [2.05, 4.69) is 10.4 Å². The minimum atomic E-state index is -0.165. The molecular formula is C19H16N4O2. The molecule has 1 amide bonds. The summed E-state index contributed by atoms with van der Waals surface area (Å²) in [7, 11) is 1.62. The molecule has 0 aliphatic rings. The number of aromatic nitrogens is 3. The first-order valence-corrected chi connectivity index (χ1v) is 7.92. The molecule has 6 nitrogen and oxygen atoms in total. The first-order chi connectivity index (χ1) is 12.3. The Morgan fingerprint density at radius 3 is 2.76 bits per heavy atom. The van der Waals surface area contributed by atoms with Gasteiger partial charge in [-0.3, -0.25) is 4.79 Å². The molecule has 4 rings (SSSR count). The fourth-order valence-electron chi connectivity index (χ4n) is 2.79. The van der Waals surface area contributed by atoms with Gasteiger partial charge in [0.25, 0.3) is 5.91 Å². The molecule has 1 aromatic carbocycles. The van der Waals surface area contributed by atoms with E-state index < -0.39 is 0 Å². The number of hydrogen-bond acceptors (Lipinski definition) is 4. The minimum Gasteiger partial charge on any atom is -0.467 e. The van der Waals surface area contributed by atoms with Crippen molar-refractivity contribution in [3.8, 4) is 11.3 Å². The zero-order chi connectivity index (χ0) is 17.2. The minimum absolute atomic E-state index is 0.165. The Kier molecular flexibility index (Phi) is 3.78. The molecule has 0 fully saturated rings. The number of amides is 1. The van der Waals surface area contributed by atoms with Crippen LogP contribution in [0.2, 0.25) is 0 Å². The van der Waals surface area contributed by atoms with Crippen molar-refractivity contribution in [3.05, 3.63) is 72.3 Å². The van der Waals surface area contributed by atoms with E-state index >= 15 is 0 Å². The summed E-state index contributed by atoms with van der Waals surface area (Å²) in [5.41, 5.74) is 2.88. The van der Waals surface area contributed by atoms with Crippen LogP contribution in [0.3, 0.4) is 0 Å². The van der Waals surface area contributed by atoms with Gasteiger partial charge in [-0.15, -0.1) is 0 Å². The van der Waals surface area contributed by atoms with Crippen molar-refractivity contribution in [2.45, 2.75) is 6.54 Å². The Morgan fingerprint density at radius 2 is 2.04 bits per heavy atom. The van der Waals surface area contributed by atoms with Crippen LogP contribution in [-0.2, 0) is 6.54 Å². The maximum absolute atomic E-state index is 12.3. The number of benzene rings is 1. The van der Waals surface area contributed by atoms with Gasteiger partial charge in [0.15, 0.2) is 5.65 Å². The van der Waals surface area contributed by atoms with Crippen molar-refractivity contribution in [1.29, 1.82) is 0 Å². The Morgan fingerprint density at radius 1 is 1.20 bits per heavy atom. The van der Waals surface area contributed by atoms with Gasteiger partial charge < -0.3 is 9.73 Å². The Hall–Kier alpha value is -3.41. The van der Waals surface area contributed by atoms with E-state index in [0.717, 1.165) is 17.0 Å². The van der Waals surface area contributed by atoms with E-state index in [1.54, 1.807) is 30.3 Å². The number of carbonyl (C=O) groups is 1. The second kappa shape index (κ2) is 6.24. The third-order valence-corrected chi connectivity index (χ3v) is 4.04. The van der Waals surface area contributed by atoms with Crippen molar-refractivity contribution in [1.82, 2.24) is 20.1 Å². The lowest BCUT2D eigenvalue weighted by Crippen LogP contribution is -2.18. The van der Waals surface area contributed by atoms with Gasteiger partial charge in [-0.1, -0.05) is 30.3 Å². The summed E-state index contributed by atoms with van der Waals surface area (Å²) in [6, 6.07) is 15.3. The number of carbonyl (C=O) groups excluding carboxylic acids is 1. The normalized spacial score (nSPS) is 10.9. The molecule has 3 heterocycles. The van der Waals surface area contributed by atoms with E-state index in [4.69, 9.17) is 9.40 Å². The van der Waals surface area contributed by atoms with Crippen molar-refractivity contribution < 1.29 is 9.21 Å². The van der Waals surface area contributed by atoms with Gasteiger partial charge in [0.05, 0.1) is 29.1 Å². The molecule has 0 aliphatic carbocycles. The van der Waals surface area contributed by atoms with Gasteiger partial charge in [-0.2, -0.15) is 5.10 Å². The third kappa shape index (κ3) is 2.78. The molecule has 4 aromatic rings. The van der Waals surface area contributed by atoms with Crippen LogP contribution in [0, 0.1) is 0 Å². The quantitative estimate of drug-likeness (QED) is 0.623. The number of pyridine rings is 1. The highest BCUT2D eigenvalue weighted by Gasteiger charge is 2.17. The molecule has 0 aliphatic heterocycles. The molecule has 6 heteroatoms. The van der Waals surface area contributed by atoms with E-state index in [1.807, 2.05) is 42.5 Å². The van der Waals surface area contributed by atoms with Gasteiger partial charge in [-0.05, 0) is 18.2 Å². The largest absolute Gasteiger partial charge is 0.467 e. The van der Waals surface area contributed by atoms with Crippen LogP contribution >= 0.6 is 0 Å². The highest BCUT2D eigenvalue weighted by atomic mass is 16.3. The Balaban J connectivity index is 1.90. The zero-order valence-corrected chi connectivity index (χ0v) is 13.6. The molecular weight excluding hydrogens is 316 g/mol. The Labute approximate surface area is 144 Å². The van der Waals surface area contributed by atoms with Gasteiger partial charge >= 0.3 is 0 Å². The third-order valence-electron chi connectivity index (χ3n) is 4.04. The van der Waals surface area contributed by atoms with Gasteiger partial charge in [0.2, 0.25) is 0 Å². The maximum atomic E-state index is 12.3. The first-order valence-electron chi connectivity index (χ1n) is 7.92. The lowest BCUT2D eigenvalue weighted by atomic mass is 10.1. The molecule has 0 saturated carbocycles. The molecule has 0 radical (unpaired) electrons. The number of fused-ring (bicyclic) bond motifs is 1. The predicted octanol–water partition coefficient (Wildman–Crippen LogP) is 3.10. The fraction of sp³-hybridized carbons (Fsp3) is 0.105. The van der Waals surface area contributed by atoms with Gasteiger partial charge in [0, 0.05) is 12.6 Å². The molecule has 25 heavy (non-hydrogen) atoms. The standard InChI is InChI=1S/C19H16N4O2/c1-20-19(24)15-10-17(13-6-3-2-4-7-13)22-18-16(15)11-21-23(18)12-14-8-5-9-25-14/h2-11H,12H2,1H3,(H,20,24). The monoisotopic (exact) mass is 332 g/mol. The average molecular weight is 332 g/mol. The summed E-state index contributed by atoms with van der Waals surface area (Å²) in [5.74, 6) is 0.612. The first kappa shape index (κ1) is 15.1. The highest BCUT2D eigenvalue weighted by Crippen LogP contribution is 2.25. The van der Waals surface area contributed by atoms with Crippen LogP contribution in [0.25, 0.3) is 22.3 Å². The lowest BCUT2D eigenvalue weighted by molar-refractivity contribution is 0.0964. The van der Waals surface area contributed by atoms with Crippen molar-refractivity contribution in [3.63, 3.8) is 0 Å². The highest BCUT2D eigenvalue weighted by molar-refractivity contribution is 6.06. The zero-order valence-electron chi connectivity index (χ0n) is 13.6. The van der Waals surface area contributed by atoms with Crippen LogP contribution in [0.15, 0.2) is 65.4 Å². The molecule has 3 aromatic heterocycles.